The molecule has 0 saturated carbocycles. The van der Waals surface area contributed by atoms with Gasteiger partial charge >= 0.3 is 0 Å². The molecule has 1 atom stereocenters. The highest BCUT2D eigenvalue weighted by molar-refractivity contribution is 5.22. The second-order valence-corrected chi connectivity index (χ2v) is 6.70. The van der Waals surface area contributed by atoms with Crippen LogP contribution in [-0.4, -0.2) is 9.55 Å². The van der Waals surface area contributed by atoms with Crippen molar-refractivity contribution in [3.63, 3.8) is 0 Å². The van der Waals surface area contributed by atoms with Crippen LogP contribution in [0, 0.1) is 13.0 Å². The molecule has 1 aromatic rings. The van der Waals surface area contributed by atoms with Crippen LogP contribution in [0.15, 0.2) is 0 Å². The second-order valence-electron chi connectivity index (χ2n) is 6.70. The van der Waals surface area contributed by atoms with Crippen molar-refractivity contribution in [2.24, 2.45) is 7.05 Å². The lowest BCUT2D eigenvalue weighted by Gasteiger charge is -2.29. The molecule has 0 radical (unpaired) electrons. The van der Waals surface area contributed by atoms with Gasteiger partial charge in [-0.2, -0.15) is 4.39 Å². The first-order valence-electron chi connectivity index (χ1n) is 8.65. The number of hydrogen-bond acceptors (Lipinski definition) is 1. The lowest BCUT2D eigenvalue weighted by molar-refractivity contribution is 0.354. The number of aromatic nitrogens is 2. The Bertz CT molecular complexity index is 425. The predicted octanol–water partition coefficient (Wildman–Crippen LogP) is 5.68. The summed E-state index contributed by atoms with van der Waals surface area (Å²) in [6, 6.07) is 0. The normalized spacial score (nSPS) is 14.4. The summed E-state index contributed by atoms with van der Waals surface area (Å²) in [6.07, 6.45) is 10.6. The summed E-state index contributed by atoms with van der Waals surface area (Å²) in [7, 11) is 1.77. The van der Waals surface area contributed by atoms with Crippen LogP contribution in [0.2, 0.25) is 0 Å². The summed E-state index contributed by atoms with van der Waals surface area (Å²) in [5.74, 6) is 0. The van der Waals surface area contributed by atoms with Crippen LogP contribution in [0.5, 0.6) is 0 Å². The minimum absolute atomic E-state index is 0.0229. The maximum Gasteiger partial charge on any atom is 0.289 e. The Morgan fingerprint density at radius 3 is 2.00 bits per heavy atom. The number of rotatable bonds is 10. The minimum Gasteiger partial charge on any atom is -0.308 e. The van der Waals surface area contributed by atoms with Crippen LogP contribution in [0.3, 0.4) is 0 Å². The Morgan fingerprint density at radius 2 is 1.52 bits per heavy atom. The molecule has 3 heteroatoms. The maximum absolute atomic E-state index is 13.8. The van der Waals surface area contributed by atoms with Crippen molar-refractivity contribution in [2.45, 2.75) is 90.9 Å². The van der Waals surface area contributed by atoms with E-state index in [1.54, 1.807) is 11.6 Å². The van der Waals surface area contributed by atoms with E-state index in [0.29, 0.717) is 0 Å². The van der Waals surface area contributed by atoms with E-state index in [9.17, 15) is 4.39 Å². The third-order valence-corrected chi connectivity index (χ3v) is 4.81. The van der Waals surface area contributed by atoms with Crippen molar-refractivity contribution in [1.29, 1.82) is 0 Å². The van der Waals surface area contributed by atoms with Gasteiger partial charge in [0.05, 0.1) is 5.69 Å². The monoisotopic (exact) mass is 296 g/mol. The molecule has 0 bridgehead atoms. The summed E-state index contributed by atoms with van der Waals surface area (Å²) in [5, 5.41) is 0. The van der Waals surface area contributed by atoms with Gasteiger partial charge in [0.25, 0.3) is 6.08 Å². The Balaban J connectivity index is 2.86. The first-order valence-corrected chi connectivity index (χ1v) is 8.65. The molecular formula is C18H33FN2. The fourth-order valence-corrected chi connectivity index (χ4v) is 3.19. The SMILES string of the molecule is CCCCCCC(C)(CCCCC)c1nc(F)n(C)c1C. The van der Waals surface area contributed by atoms with E-state index in [1.165, 1.54) is 44.9 Å². The van der Waals surface area contributed by atoms with Gasteiger partial charge in [-0.15, -0.1) is 0 Å². The van der Waals surface area contributed by atoms with Gasteiger partial charge in [0, 0.05) is 18.2 Å². The zero-order valence-corrected chi connectivity index (χ0v) is 14.6. The van der Waals surface area contributed by atoms with Gasteiger partial charge < -0.3 is 4.57 Å². The average Bonchev–Trinajstić information content (AvgIpc) is 2.72. The fraction of sp³-hybridized carbons (Fsp3) is 0.833. The molecule has 1 heterocycles. The Kier molecular flexibility index (Phi) is 7.41. The molecule has 0 aliphatic rings. The van der Waals surface area contributed by atoms with Gasteiger partial charge in [0.15, 0.2) is 0 Å². The topological polar surface area (TPSA) is 17.8 Å². The molecule has 0 aliphatic heterocycles. The van der Waals surface area contributed by atoms with Crippen molar-refractivity contribution in [1.82, 2.24) is 9.55 Å². The van der Waals surface area contributed by atoms with E-state index < -0.39 is 0 Å². The lowest BCUT2D eigenvalue weighted by Crippen LogP contribution is -2.24. The molecule has 1 unspecified atom stereocenters. The molecule has 21 heavy (non-hydrogen) atoms. The van der Waals surface area contributed by atoms with E-state index in [4.69, 9.17) is 0 Å². The first-order chi connectivity index (χ1) is 9.96. The van der Waals surface area contributed by atoms with E-state index in [-0.39, 0.29) is 11.5 Å². The Labute approximate surface area is 130 Å². The van der Waals surface area contributed by atoms with E-state index in [0.717, 1.165) is 24.2 Å². The zero-order chi connectivity index (χ0) is 15.9. The van der Waals surface area contributed by atoms with Crippen molar-refractivity contribution in [2.75, 3.05) is 0 Å². The third kappa shape index (κ3) is 4.82. The first kappa shape index (κ1) is 18.2. The van der Waals surface area contributed by atoms with E-state index in [2.05, 4.69) is 25.8 Å². The largest absolute Gasteiger partial charge is 0.308 e. The molecule has 0 amide bonds. The van der Waals surface area contributed by atoms with Crippen molar-refractivity contribution in [3.8, 4) is 0 Å². The average molecular weight is 296 g/mol. The third-order valence-electron chi connectivity index (χ3n) is 4.81. The van der Waals surface area contributed by atoms with Gasteiger partial charge in [-0.1, -0.05) is 65.7 Å². The molecule has 0 saturated heterocycles. The van der Waals surface area contributed by atoms with Crippen molar-refractivity contribution >= 4 is 0 Å². The molecule has 1 rings (SSSR count). The molecule has 2 nitrogen and oxygen atoms in total. The summed E-state index contributed by atoms with van der Waals surface area (Å²) < 4.78 is 15.4. The second kappa shape index (κ2) is 8.55. The van der Waals surface area contributed by atoms with Gasteiger partial charge in [-0.3, -0.25) is 0 Å². The van der Waals surface area contributed by atoms with Crippen LogP contribution in [-0.2, 0) is 12.5 Å². The highest BCUT2D eigenvalue weighted by atomic mass is 19.1. The van der Waals surface area contributed by atoms with Crippen LogP contribution in [0.4, 0.5) is 4.39 Å². The standard InChI is InChI=1S/C18H33FN2/c1-6-8-10-12-14-18(4,13-11-9-7-2)16-15(3)21(5)17(19)20-16/h6-14H2,1-5H3. The van der Waals surface area contributed by atoms with Gasteiger partial charge in [-0.25, -0.2) is 4.98 Å². The molecular weight excluding hydrogens is 263 g/mol. The Morgan fingerprint density at radius 1 is 1.00 bits per heavy atom. The van der Waals surface area contributed by atoms with Gasteiger partial charge in [-0.05, 0) is 19.8 Å². The van der Waals surface area contributed by atoms with Crippen LogP contribution in [0.1, 0.15) is 89.9 Å². The van der Waals surface area contributed by atoms with Gasteiger partial charge in [0.2, 0.25) is 0 Å². The Hall–Kier alpha value is -0.860. The van der Waals surface area contributed by atoms with Crippen LogP contribution in [0.25, 0.3) is 0 Å². The molecule has 0 aliphatic carbocycles. The van der Waals surface area contributed by atoms with E-state index >= 15 is 0 Å². The molecule has 1 aromatic heterocycles. The highest BCUT2D eigenvalue weighted by Gasteiger charge is 2.31. The number of nitrogens with zero attached hydrogens (tertiary/aromatic N) is 2. The van der Waals surface area contributed by atoms with Crippen molar-refractivity contribution in [3.05, 3.63) is 17.5 Å². The molecule has 0 spiro atoms. The quantitative estimate of drug-likeness (QED) is 0.508. The molecule has 0 N–H and O–H groups in total. The summed E-state index contributed by atoms with van der Waals surface area (Å²) in [6.45, 7) is 8.74. The fourth-order valence-electron chi connectivity index (χ4n) is 3.19. The smallest absolute Gasteiger partial charge is 0.289 e. The summed E-state index contributed by atoms with van der Waals surface area (Å²) in [5.41, 5.74) is 1.99. The lowest BCUT2D eigenvalue weighted by atomic mass is 9.76. The maximum atomic E-state index is 13.8. The van der Waals surface area contributed by atoms with E-state index in [1.807, 2.05) is 6.92 Å². The zero-order valence-electron chi connectivity index (χ0n) is 14.6. The number of hydrogen-bond donors (Lipinski definition) is 0. The summed E-state index contributed by atoms with van der Waals surface area (Å²) in [4.78, 5) is 4.26. The van der Waals surface area contributed by atoms with Crippen LogP contribution >= 0.6 is 0 Å². The van der Waals surface area contributed by atoms with Gasteiger partial charge in [0.1, 0.15) is 0 Å². The highest BCUT2D eigenvalue weighted by Crippen LogP contribution is 2.36. The van der Waals surface area contributed by atoms with Crippen LogP contribution < -0.4 is 0 Å². The predicted molar refractivity (Wildman–Crippen MR) is 88.2 cm³/mol. The molecule has 122 valence electrons. The number of halogens is 1. The molecule has 0 fully saturated rings. The van der Waals surface area contributed by atoms with Crippen molar-refractivity contribution < 1.29 is 4.39 Å². The number of unbranched alkanes of at least 4 members (excludes halogenated alkanes) is 5. The minimum atomic E-state index is -0.349. The summed E-state index contributed by atoms with van der Waals surface area (Å²) >= 11 is 0. The molecule has 0 aromatic carbocycles. The number of imidazole rings is 1.